The minimum atomic E-state index is -3.42. The van der Waals surface area contributed by atoms with Crippen LogP contribution in [0, 0.1) is 5.92 Å². The van der Waals surface area contributed by atoms with E-state index in [1.54, 1.807) is 17.5 Å². The van der Waals surface area contributed by atoms with Crippen molar-refractivity contribution in [1.29, 1.82) is 0 Å². The summed E-state index contributed by atoms with van der Waals surface area (Å²) in [7, 11) is -1.77. The molecule has 5 nitrogen and oxygen atoms in total. The highest BCUT2D eigenvalue weighted by atomic mass is 32.2. The summed E-state index contributed by atoms with van der Waals surface area (Å²) in [5.41, 5.74) is 2.28. The van der Waals surface area contributed by atoms with Crippen molar-refractivity contribution in [2.45, 2.75) is 37.4 Å². The van der Waals surface area contributed by atoms with E-state index >= 15 is 0 Å². The standard InChI is InChI=1S/C15H22N2O3S/c1-11-5-6-17(10-15(11)20-2)21(18,19)14-4-3-12-8-16-9-13(12)7-14/h3-4,7,11,15-16H,5-6,8-10H2,1-2H3. The Morgan fingerprint density at radius 1 is 1.29 bits per heavy atom. The van der Waals surface area contributed by atoms with Crippen molar-refractivity contribution in [3.8, 4) is 0 Å². The van der Waals surface area contributed by atoms with E-state index in [0.717, 1.165) is 25.1 Å². The minimum Gasteiger partial charge on any atom is -0.380 e. The first-order valence-electron chi connectivity index (χ1n) is 7.38. The van der Waals surface area contributed by atoms with E-state index in [0.29, 0.717) is 23.9 Å². The molecule has 0 aromatic heterocycles. The Morgan fingerprint density at radius 2 is 2.05 bits per heavy atom. The van der Waals surface area contributed by atoms with Crippen molar-refractivity contribution in [3.05, 3.63) is 29.3 Å². The van der Waals surface area contributed by atoms with Crippen molar-refractivity contribution in [3.63, 3.8) is 0 Å². The van der Waals surface area contributed by atoms with Gasteiger partial charge in [-0.15, -0.1) is 0 Å². The Labute approximate surface area is 126 Å². The summed E-state index contributed by atoms with van der Waals surface area (Å²) in [6, 6.07) is 5.45. The average Bonchev–Trinajstić information content (AvgIpc) is 2.94. The number of hydrogen-bond acceptors (Lipinski definition) is 4. The molecule has 2 atom stereocenters. The van der Waals surface area contributed by atoms with E-state index in [9.17, 15) is 8.42 Å². The van der Waals surface area contributed by atoms with Crippen LogP contribution < -0.4 is 5.32 Å². The molecule has 2 aliphatic rings. The van der Waals surface area contributed by atoms with Gasteiger partial charge in [-0.25, -0.2) is 8.42 Å². The Hall–Kier alpha value is -0.950. The third kappa shape index (κ3) is 2.73. The minimum absolute atomic E-state index is 0.0235. The molecule has 116 valence electrons. The fourth-order valence-electron chi connectivity index (χ4n) is 3.11. The lowest BCUT2D eigenvalue weighted by Gasteiger charge is -2.35. The van der Waals surface area contributed by atoms with Crippen LogP contribution in [0.5, 0.6) is 0 Å². The van der Waals surface area contributed by atoms with E-state index in [2.05, 4.69) is 12.2 Å². The molecular formula is C15H22N2O3S. The lowest BCUT2D eigenvalue weighted by atomic mass is 9.97. The number of piperidine rings is 1. The van der Waals surface area contributed by atoms with Crippen molar-refractivity contribution < 1.29 is 13.2 Å². The molecule has 1 aromatic rings. The van der Waals surface area contributed by atoms with E-state index in [4.69, 9.17) is 4.74 Å². The zero-order chi connectivity index (χ0) is 15.0. The van der Waals surface area contributed by atoms with E-state index < -0.39 is 10.0 Å². The smallest absolute Gasteiger partial charge is 0.243 e. The monoisotopic (exact) mass is 310 g/mol. The third-order valence-corrected chi connectivity index (χ3v) is 6.46. The Morgan fingerprint density at radius 3 is 2.81 bits per heavy atom. The summed E-state index contributed by atoms with van der Waals surface area (Å²) in [6.45, 7) is 4.69. The highest BCUT2D eigenvalue weighted by Gasteiger charge is 2.34. The summed E-state index contributed by atoms with van der Waals surface area (Å²) in [6.07, 6.45) is 0.814. The second-order valence-corrected chi connectivity index (χ2v) is 7.88. The number of rotatable bonds is 3. The quantitative estimate of drug-likeness (QED) is 0.915. The number of nitrogens with zero attached hydrogens (tertiary/aromatic N) is 1. The van der Waals surface area contributed by atoms with Crippen LogP contribution >= 0.6 is 0 Å². The molecule has 1 aromatic carbocycles. The number of nitrogens with one attached hydrogen (secondary N) is 1. The Bertz CT molecular complexity index is 630. The van der Waals surface area contributed by atoms with Gasteiger partial charge in [-0.2, -0.15) is 4.31 Å². The normalized spacial score (nSPS) is 26.8. The molecule has 2 aliphatic heterocycles. The molecule has 6 heteroatoms. The van der Waals surface area contributed by atoms with Crippen molar-refractivity contribution in [2.24, 2.45) is 5.92 Å². The van der Waals surface area contributed by atoms with Crippen LogP contribution in [0.3, 0.4) is 0 Å². The number of benzene rings is 1. The molecule has 1 fully saturated rings. The van der Waals surface area contributed by atoms with Crippen LogP contribution in [-0.2, 0) is 27.8 Å². The summed E-state index contributed by atoms with van der Waals surface area (Å²) in [4.78, 5) is 0.398. The lowest BCUT2D eigenvalue weighted by Crippen LogP contribution is -2.46. The molecule has 0 radical (unpaired) electrons. The maximum atomic E-state index is 12.8. The molecule has 0 bridgehead atoms. The summed E-state index contributed by atoms with van der Waals surface area (Å²) in [5, 5.41) is 3.24. The van der Waals surface area contributed by atoms with Gasteiger partial charge < -0.3 is 10.1 Å². The van der Waals surface area contributed by atoms with E-state index in [1.165, 1.54) is 5.56 Å². The largest absolute Gasteiger partial charge is 0.380 e. The van der Waals surface area contributed by atoms with Crippen LogP contribution in [0.25, 0.3) is 0 Å². The SMILES string of the molecule is COC1CN(S(=O)(=O)c2ccc3c(c2)CNC3)CCC1C. The van der Waals surface area contributed by atoms with Gasteiger partial charge in [0.2, 0.25) is 10.0 Å². The molecule has 1 saturated heterocycles. The summed E-state index contributed by atoms with van der Waals surface area (Å²) in [5.74, 6) is 0.394. The molecule has 3 rings (SSSR count). The number of hydrogen-bond donors (Lipinski definition) is 1. The van der Waals surface area contributed by atoms with Gasteiger partial charge in [0.05, 0.1) is 11.0 Å². The molecule has 2 heterocycles. The molecule has 21 heavy (non-hydrogen) atoms. The zero-order valence-corrected chi connectivity index (χ0v) is 13.3. The van der Waals surface area contributed by atoms with Crippen LogP contribution in [0.4, 0.5) is 0 Å². The molecule has 0 amide bonds. The van der Waals surface area contributed by atoms with Gasteiger partial charge in [-0.3, -0.25) is 0 Å². The van der Waals surface area contributed by atoms with Crippen LogP contribution in [0.1, 0.15) is 24.5 Å². The van der Waals surface area contributed by atoms with Gasteiger partial charge in [0.25, 0.3) is 0 Å². The second-order valence-electron chi connectivity index (χ2n) is 5.94. The summed E-state index contributed by atoms with van der Waals surface area (Å²) < 4.78 is 32.6. The topological polar surface area (TPSA) is 58.6 Å². The predicted octanol–water partition coefficient (Wildman–Crippen LogP) is 1.34. The van der Waals surface area contributed by atoms with Crippen molar-refractivity contribution >= 4 is 10.0 Å². The Balaban J connectivity index is 1.86. The van der Waals surface area contributed by atoms with Gasteiger partial charge >= 0.3 is 0 Å². The van der Waals surface area contributed by atoms with Crippen LogP contribution in [-0.4, -0.2) is 39.0 Å². The maximum Gasteiger partial charge on any atom is 0.243 e. The predicted molar refractivity (Wildman–Crippen MR) is 80.3 cm³/mol. The first-order chi connectivity index (χ1) is 10.0. The first-order valence-corrected chi connectivity index (χ1v) is 8.82. The molecule has 1 N–H and O–H groups in total. The fourth-order valence-corrected chi connectivity index (χ4v) is 4.63. The van der Waals surface area contributed by atoms with Gasteiger partial charge in [-0.05, 0) is 35.6 Å². The van der Waals surface area contributed by atoms with Crippen LogP contribution in [0.2, 0.25) is 0 Å². The Kier molecular flexibility index (Phi) is 4.05. The molecule has 0 aliphatic carbocycles. The highest BCUT2D eigenvalue weighted by Crippen LogP contribution is 2.27. The molecular weight excluding hydrogens is 288 g/mol. The highest BCUT2D eigenvalue weighted by molar-refractivity contribution is 7.89. The van der Waals surface area contributed by atoms with Gasteiger partial charge in [0, 0.05) is 33.3 Å². The van der Waals surface area contributed by atoms with Crippen LogP contribution in [0.15, 0.2) is 23.1 Å². The third-order valence-electron chi connectivity index (χ3n) is 4.60. The van der Waals surface area contributed by atoms with Crippen molar-refractivity contribution in [1.82, 2.24) is 9.62 Å². The fraction of sp³-hybridized carbons (Fsp3) is 0.600. The number of fused-ring (bicyclic) bond motifs is 1. The summed E-state index contributed by atoms with van der Waals surface area (Å²) >= 11 is 0. The molecule has 0 saturated carbocycles. The average molecular weight is 310 g/mol. The number of sulfonamides is 1. The van der Waals surface area contributed by atoms with Gasteiger partial charge in [0.1, 0.15) is 0 Å². The van der Waals surface area contributed by atoms with Crippen molar-refractivity contribution in [2.75, 3.05) is 20.2 Å². The van der Waals surface area contributed by atoms with E-state index in [1.807, 2.05) is 12.1 Å². The van der Waals surface area contributed by atoms with Gasteiger partial charge in [0.15, 0.2) is 0 Å². The number of ether oxygens (including phenoxy) is 1. The lowest BCUT2D eigenvalue weighted by molar-refractivity contribution is 0.0184. The van der Waals surface area contributed by atoms with E-state index in [-0.39, 0.29) is 6.10 Å². The number of methoxy groups -OCH3 is 1. The molecule has 0 spiro atoms. The first kappa shape index (κ1) is 15.0. The molecule has 2 unspecified atom stereocenters. The zero-order valence-electron chi connectivity index (χ0n) is 12.5. The maximum absolute atomic E-state index is 12.8. The van der Waals surface area contributed by atoms with Gasteiger partial charge in [-0.1, -0.05) is 13.0 Å². The second kappa shape index (κ2) is 5.68.